The van der Waals surface area contributed by atoms with Crippen LogP contribution in [0.15, 0.2) is 0 Å². The summed E-state index contributed by atoms with van der Waals surface area (Å²) in [5, 5.41) is 11.5. The van der Waals surface area contributed by atoms with E-state index in [9.17, 15) is 9.59 Å². The number of amides is 1. The van der Waals surface area contributed by atoms with E-state index in [1.54, 1.807) is 13.8 Å². The number of ether oxygens (including phenoxy) is 1. The summed E-state index contributed by atoms with van der Waals surface area (Å²) in [5.74, 6) is -1.71. The zero-order valence-corrected chi connectivity index (χ0v) is 9.90. The monoisotopic (exact) mass is 229 g/mol. The lowest BCUT2D eigenvalue weighted by atomic mass is 10.0. The van der Waals surface area contributed by atoms with Crippen molar-refractivity contribution in [3.8, 4) is 0 Å². The summed E-state index contributed by atoms with van der Waals surface area (Å²) in [6.07, 6.45) is 1.28. The molecule has 1 heterocycles. The van der Waals surface area contributed by atoms with Crippen LogP contribution in [0.4, 0.5) is 0 Å². The van der Waals surface area contributed by atoms with E-state index < -0.39 is 18.0 Å². The highest BCUT2D eigenvalue weighted by molar-refractivity contribution is 5.82. The third kappa shape index (κ3) is 3.20. The second-order valence-corrected chi connectivity index (χ2v) is 4.44. The average molecular weight is 229 g/mol. The van der Waals surface area contributed by atoms with Crippen LogP contribution in [0.1, 0.15) is 33.6 Å². The molecule has 1 fully saturated rings. The van der Waals surface area contributed by atoms with Crippen molar-refractivity contribution in [2.24, 2.45) is 5.92 Å². The number of hydrogen-bond donors (Lipinski definition) is 2. The van der Waals surface area contributed by atoms with Crippen LogP contribution in [-0.4, -0.2) is 35.2 Å². The first-order valence-electron chi connectivity index (χ1n) is 5.60. The van der Waals surface area contributed by atoms with Gasteiger partial charge in [0.25, 0.3) is 0 Å². The SMILES string of the molecule is CC1CCC(C(=O)NC(C)C(C)C(=O)O)O1. The summed E-state index contributed by atoms with van der Waals surface area (Å²) in [4.78, 5) is 22.4. The van der Waals surface area contributed by atoms with E-state index in [0.29, 0.717) is 6.42 Å². The molecule has 0 aromatic carbocycles. The Balaban J connectivity index is 2.42. The smallest absolute Gasteiger partial charge is 0.308 e. The van der Waals surface area contributed by atoms with Crippen LogP contribution >= 0.6 is 0 Å². The van der Waals surface area contributed by atoms with E-state index >= 15 is 0 Å². The Morgan fingerprint density at radius 1 is 1.38 bits per heavy atom. The molecule has 1 rings (SSSR count). The van der Waals surface area contributed by atoms with Gasteiger partial charge in [0, 0.05) is 6.04 Å². The fraction of sp³-hybridized carbons (Fsp3) is 0.818. The molecule has 0 bridgehead atoms. The molecule has 0 spiro atoms. The normalized spacial score (nSPS) is 28.4. The number of nitrogens with one attached hydrogen (secondary N) is 1. The molecule has 0 aliphatic carbocycles. The van der Waals surface area contributed by atoms with E-state index in [-0.39, 0.29) is 18.1 Å². The Hall–Kier alpha value is -1.10. The van der Waals surface area contributed by atoms with Crippen LogP contribution in [0.3, 0.4) is 0 Å². The van der Waals surface area contributed by atoms with E-state index in [0.717, 1.165) is 6.42 Å². The summed E-state index contributed by atoms with van der Waals surface area (Å²) in [6.45, 7) is 5.19. The standard InChI is InChI=1S/C11H19NO4/c1-6-4-5-9(16-6)10(13)12-8(3)7(2)11(14)15/h6-9H,4-5H2,1-3H3,(H,12,13)(H,14,15). The van der Waals surface area contributed by atoms with E-state index in [4.69, 9.17) is 9.84 Å². The van der Waals surface area contributed by atoms with E-state index in [1.807, 2.05) is 6.92 Å². The van der Waals surface area contributed by atoms with Crippen LogP contribution < -0.4 is 5.32 Å². The minimum absolute atomic E-state index is 0.114. The molecule has 0 aromatic heterocycles. The Kier molecular flexibility index (Phi) is 4.29. The number of carboxylic acids is 1. The summed E-state index contributed by atoms with van der Waals surface area (Å²) in [7, 11) is 0. The molecule has 4 unspecified atom stereocenters. The number of carboxylic acid groups (broad SMARTS) is 1. The van der Waals surface area contributed by atoms with Crippen LogP contribution in [0, 0.1) is 5.92 Å². The fourth-order valence-electron chi connectivity index (χ4n) is 1.65. The van der Waals surface area contributed by atoms with Gasteiger partial charge in [0.15, 0.2) is 0 Å². The number of aliphatic carboxylic acids is 1. The zero-order chi connectivity index (χ0) is 12.3. The molecular weight excluding hydrogens is 210 g/mol. The first kappa shape index (κ1) is 13.0. The lowest BCUT2D eigenvalue weighted by Crippen LogP contribution is -2.44. The molecule has 16 heavy (non-hydrogen) atoms. The molecule has 92 valence electrons. The van der Waals surface area contributed by atoms with Crippen LogP contribution in [0.2, 0.25) is 0 Å². The topological polar surface area (TPSA) is 75.6 Å². The minimum atomic E-state index is -0.909. The summed E-state index contributed by atoms with van der Waals surface area (Å²) in [5.41, 5.74) is 0. The molecule has 1 aliphatic rings. The van der Waals surface area contributed by atoms with Gasteiger partial charge in [0.1, 0.15) is 6.10 Å². The van der Waals surface area contributed by atoms with Gasteiger partial charge in [-0.15, -0.1) is 0 Å². The lowest BCUT2D eigenvalue weighted by molar-refractivity contribution is -0.142. The fourth-order valence-corrected chi connectivity index (χ4v) is 1.65. The molecule has 5 nitrogen and oxygen atoms in total. The first-order chi connectivity index (χ1) is 7.41. The maximum Gasteiger partial charge on any atom is 0.308 e. The Labute approximate surface area is 95.2 Å². The maximum absolute atomic E-state index is 11.7. The lowest BCUT2D eigenvalue weighted by Gasteiger charge is -2.20. The van der Waals surface area contributed by atoms with Gasteiger partial charge in [-0.1, -0.05) is 0 Å². The van der Waals surface area contributed by atoms with Crippen molar-refractivity contribution in [1.29, 1.82) is 0 Å². The number of hydrogen-bond acceptors (Lipinski definition) is 3. The van der Waals surface area contributed by atoms with Gasteiger partial charge in [-0.25, -0.2) is 0 Å². The van der Waals surface area contributed by atoms with Crippen molar-refractivity contribution in [3.05, 3.63) is 0 Å². The quantitative estimate of drug-likeness (QED) is 0.747. The molecule has 4 atom stereocenters. The van der Waals surface area contributed by atoms with Gasteiger partial charge >= 0.3 is 5.97 Å². The highest BCUT2D eigenvalue weighted by Gasteiger charge is 2.30. The maximum atomic E-state index is 11.7. The van der Waals surface area contributed by atoms with Crippen LogP contribution in [-0.2, 0) is 14.3 Å². The van der Waals surface area contributed by atoms with E-state index in [1.165, 1.54) is 0 Å². The molecule has 0 saturated carbocycles. The second-order valence-electron chi connectivity index (χ2n) is 4.44. The number of carbonyl (C=O) groups is 2. The van der Waals surface area contributed by atoms with Crippen molar-refractivity contribution in [1.82, 2.24) is 5.32 Å². The third-order valence-corrected chi connectivity index (χ3v) is 3.03. The predicted molar refractivity (Wildman–Crippen MR) is 58.0 cm³/mol. The predicted octanol–water partition coefficient (Wildman–Crippen LogP) is 0.779. The molecule has 0 radical (unpaired) electrons. The summed E-state index contributed by atoms with van der Waals surface area (Å²) >= 11 is 0. The first-order valence-corrected chi connectivity index (χ1v) is 5.60. The average Bonchev–Trinajstić information content (AvgIpc) is 2.63. The van der Waals surface area contributed by atoms with Gasteiger partial charge < -0.3 is 15.2 Å². The molecule has 1 aliphatic heterocycles. The summed E-state index contributed by atoms with van der Waals surface area (Å²) < 4.78 is 5.40. The molecule has 5 heteroatoms. The van der Waals surface area contributed by atoms with Crippen LogP contribution in [0.25, 0.3) is 0 Å². The Morgan fingerprint density at radius 2 is 2.00 bits per heavy atom. The number of rotatable bonds is 4. The molecule has 1 amide bonds. The molecule has 1 saturated heterocycles. The van der Waals surface area contributed by atoms with Gasteiger partial charge in [-0.05, 0) is 33.6 Å². The van der Waals surface area contributed by atoms with Gasteiger partial charge in [0.05, 0.1) is 12.0 Å². The number of carbonyl (C=O) groups excluding carboxylic acids is 1. The van der Waals surface area contributed by atoms with Crippen molar-refractivity contribution in [2.75, 3.05) is 0 Å². The Bertz CT molecular complexity index is 279. The minimum Gasteiger partial charge on any atom is -0.481 e. The highest BCUT2D eigenvalue weighted by atomic mass is 16.5. The van der Waals surface area contributed by atoms with Crippen molar-refractivity contribution >= 4 is 11.9 Å². The van der Waals surface area contributed by atoms with Crippen molar-refractivity contribution < 1.29 is 19.4 Å². The van der Waals surface area contributed by atoms with Gasteiger partial charge in [0.2, 0.25) is 5.91 Å². The van der Waals surface area contributed by atoms with Crippen LogP contribution in [0.5, 0.6) is 0 Å². The van der Waals surface area contributed by atoms with Gasteiger partial charge in [-0.2, -0.15) is 0 Å². The third-order valence-electron chi connectivity index (χ3n) is 3.03. The highest BCUT2D eigenvalue weighted by Crippen LogP contribution is 2.19. The van der Waals surface area contributed by atoms with Gasteiger partial charge in [-0.3, -0.25) is 9.59 Å². The molecular formula is C11H19NO4. The molecule has 2 N–H and O–H groups in total. The Morgan fingerprint density at radius 3 is 2.44 bits per heavy atom. The van der Waals surface area contributed by atoms with Crippen molar-refractivity contribution in [3.63, 3.8) is 0 Å². The summed E-state index contributed by atoms with van der Waals surface area (Å²) in [6, 6.07) is -0.385. The van der Waals surface area contributed by atoms with E-state index in [2.05, 4.69) is 5.32 Å². The largest absolute Gasteiger partial charge is 0.481 e. The zero-order valence-electron chi connectivity index (χ0n) is 9.90. The molecule has 0 aromatic rings. The van der Waals surface area contributed by atoms with Crippen molar-refractivity contribution in [2.45, 2.75) is 51.9 Å². The second kappa shape index (κ2) is 5.30.